The maximum atomic E-state index is 13.6. The summed E-state index contributed by atoms with van der Waals surface area (Å²) in [6.07, 6.45) is 0.398. The Kier molecular flexibility index (Phi) is 7.91. The number of anilines is 2. The third kappa shape index (κ3) is 6.43. The molecule has 4 N–H and O–H groups in total. The van der Waals surface area contributed by atoms with Crippen LogP contribution in [0.3, 0.4) is 0 Å². The summed E-state index contributed by atoms with van der Waals surface area (Å²) < 4.78 is 14.4. The smallest absolute Gasteiger partial charge is 0.124 e. The number of nitrogens with one attached hydrogen (secondary N) is 3. The molecule has 7 heteroatoms. The van der Waals surface area contributed by atoms with Crippen molar-refractivity contribution in [1.29, 1.82) is 0 Å². The van der Waals surface area contributed by atoms with E-state index in [2.05, 4.69) is 37.3 Å². The molecule has 0 saturated heterocycles. The van der Waals surface area contributed by atoms with Gasteiger partial charge in [-0.25, -0.2) is 9.82 Å². The molecule has 0 aliphatic heterocycles. The zero-order chi connectivity index (χ0) is 23.8. The third-order valence-corrected chi connectivity index (χ3v) is 5.69. The number of halogens is 2. The fourth-order valence-corrected chi connectivity index (χ4v) is 3.79. The second-order valence-corrected chi connectivity index (χ2v) is 8.56. The summed E-state index contributed by atoms with van der Waals surface area (Å²) >= 11 is 3.48. The Balaban J connectivity index is 1.67. The predicted molar refractivity (Wildman–Crippen MR) is 139 cm³/mol. The Morgan fingerprint density at radius 2 is 1.50 bits per heavy atom. The van der Waals surface area contributed by atoms with E-state index in [4.69, 9.17) is 0 Å². The largest absolute Gasteiger partial charge is 0.507 e. The van der Waals surface area contributed by atoms with Gasteiger partial charge in [-0.3, -0.25) is 5.43 Å². The topological polar surface area (TPSA) is 68.7 Å². The van der Waals surface area contributed by atoms with Crippen molar-refractivity contribution in [2.75, 3.05) is 10.9 Å². The molecule has 5 nitrogen and oxygen atoms in total. The van der Waals surface area contributed by atoms with E-state index in [1.165, 1.54) is 12.1 Å². The van der Waals surface area contributed by atoms with E-state index >= 15 is 0 Å². The van der Waals surface area contributed by atoms with E-state index in [1.807, 2.05) is 66.7 Å². The summed E-state index contributed by atoms with van der Waals surface area (Å²) in [5.74, 6) is -0.187. The van der Waals surface area contributed by atoms with Crippen molar-refractivity contribution in [2.45, 2.75) is 12.5 Å². The Morgan fingerprint density at radius 1 is 0.853 bits per heavy atom. The number of hydrogen-bond acceptors (Lipinski definition) is 5. The first-order valence-electron chi connectivity index (χ1n) is 10.8. The van der Waals surface area contributed by atoms with E-state index < -0.39 is 0 Å². The zero-order valence-electron chi connectivity index (χ0n) is 18.2. The lowest BCUT2D eigenvalue weighted by molar-refractivity contribution is 0.473. The number of phenolic OH excluding ortho intramolecular Hbond substituents is 1. The van der Waals surface area contributed by atoms with Crippen LogP contribution in [0, 0.1) is 5.82 Å². The summed E-state index contributed by atoms with van der Waals surface area (Å²) in [5, 5.41) is 15.3. The second kappa shape index (κ2) is 11.4. The van der Waals surface area contributed by atoms with Crippen LogP contribution in [0.25, 0.3) is 0 Å². The maximum Gasteiger partial charge on any atom is 0.124 e. The van der Waals surface area contributed by atoms with Crippen LogP contribution >= 0.6 is 15.9 Å². The van der Waals surface area contributed by atoms with Crippen LogP contribution < -0.4 is 16.3 Å². The third-order valence-electron chi connectivity index (χ3n) is 5.20. The number of nitrogens with zero attached hydrogens (tertiary/aromatic N) is 1. The lowest BCUT2D eigenvalue weighted by atomic mass is 9.97. The molecule has 0 radical (unpaired) electrons. The van der Waals surface area contributed by atoms with Gasteiger partial charge < -0.3 is 10.5 Å². The first-order valence-corrected chi connectivity index (χ1v) is 11.6. The molecule has 4 aromatic rings. The molecule has 4 aromatic carbocycles. The summed E-state index contributed by atoms with van der Waals surface area (Å²) in [4.78, 5) is 0. The quantitative estimate of drug-likeness (QED) is 0.144. The number of hydrazine groups is 1. The minimum absolute atomic E-state index is 0.116. The summed E-state index contributed by atoms with van der Waals surface area (Å²) in [6.45, 7) is 0. The number of para-hydroxylation sites is 2. The minimum atomic E-state index is -0.303. The van der Waals surface area contributed by atoms with Gasteiger partial charge in [-0.2, -0.15) is 5.10 Å². The fraction of sp³-hybridized carbons (Fsp3) is 0.0741. The van der Waals surface area contributed by atoms with Crippen LogP contribution in [-0.2, 0) is 0 Å². The molecule has 4 rings (SSSR count). The van der Waals surface area contributed by atoms with Crippen LogP contribution in [0.5, 0.6) is 5.75 Å². The molecule has 0 saturated carbocycles. The molecule has 0 spiro atoms. The van der Waals surface area contributed by atoms with E-state index in [-0.39, 0.29) is 17.6 Å². The van der Waals surface area contributed by atoms with Gasteiger partial charge in [0.25, 0.3) is 0 Å². The average Bonchev–Trinajstić information content (AvgIpc) is 2.87. The van der Waals surface area contributed by atoms with Crippen molar-refractivity contribution in [3.8, 4) is 5.75 Å². The van der Waals surface area contributed by atoms with Crippen molar-refractivity contribution in [2.24, 2.45) is 5.10 Å². The lowest BCUT2D eigenvalue weighted by Gasteiger charge is -2.22. The molecular formula is C27H24BrFN4O. The second-order valence-electron chi connectivity index (χ2n) is 7.64. The Bertz CT molecular complexity index is 1230. The molecular weight excluding hydrogens is 495 g/mol. The van der Waals surface area contributed by atoms with Gasteiger partial charge in [-0.15, -0.1) is 0 Å². The molecule has 34 heavy (non-hydrogen) atoms. The van der Waals surface area contributed by atoms with E-state index in [9.17, 15) is 9.50 Å². The highest BCUT2D eigenvalue weighted by atomic mass is 79.9. The molecule has 0 aromatic heterocycles. The van der Waals surface area contributed by atoms with Gasteiger partial charge >= 0.3 is 0 Å². The highest BCUT2D eigenvalue weighted by molar-refractivity contribution is 9.10. The number of benzene rings is 4. The van der Waals surface area contributed by atoms with E-state index in [1.54, 1.807) is 24.3 Å². The summed E-state index contributed by atoms with van der Waals surface area (Å²) in [5.41, 5.74) is 13.4. The van der Waals surface area contributed by atoms with Crippen molar-refractivity contribution >= 4 is 33.0 Å². The zero-order valence-corrected chi connectivity index (χ0v) is 19.8. The van der Waals surface area contributed by atoms with Crippen molar-refractivity contribution < 1.29 is 9.50 Å². The van der Waals surface area contributed by atoms with Gasteiger partial charge in [0.15, 0.2) is 0 Å². The molecule has 0 fully saturated rings. The van der Waals surface area contributed by atoms with Crippen LogP contribution in [0.1, 0.15) is 23.6 Å². The molecule has 0 amide bonds. The Hall–Kier alpha value is -3.68. The van der Waals surface area contributed by atoms with Crippen LogP contribution in [0.2, 0.25) is 0 Å². The van der Waals surface area contributed by atoms with Crippen LogP contribution in [0.15, 0.2) is 113 Å². The van der Waals surface area contributed by atoms with E-state index in [0.29, 0.717) is 17.7 Å². The van der Waals surface area contributed by atoms with Gasteiger partial charge in [0, 0.05) is 22.1 Å². The first kappa shape index (κ1) is 23.5. The number of aromatic hydroxyl groups is 1. The molecule has 1 unspecified atom stereocenters. The highest BCUT2D eigenvalue weighted by Crippen LogP contribution is 2.28. The van der Waals surface area contributed by atoms with Gasteiger partial charge in [0.2, 0.25) is 0 Å². The minimum Gasteiger partial charge on any atom is -0.507 e. The first-order chi connectivity index (χ1) is 16.6. The summed E-state index contributed by atoms with van der Waals surface area (Å²) in [7, 11) is 0. The molecule has 0 bridgehead atoms. The molecule has 0 aliphatic carbocycles. The van der Waals surface area contributed by atoms with Crippen LogP contribution in [0.4, 0.5) is 15.8 Å². The number of rotatable bonds is 9. The van der Waals surface area contributed by atoms with Gasteiger partial charge in [-0.05, 0) is 60.2 Å². The highest BCUT2D eigenvalue weighted by Gasteiger charge is 2.19. The van der Waals surface area contributed by atoms with Crippen molar-refractivity contribution in [3.63, 3.8) is 0 Å². The fourth-order valence-electron chi connectivity index (χ4n) is 3.43. The number of hydrogen-bond donors (Lipinski definition) is 4. The monoisotopic (exact) mass is 518 g/mol. The molecule has 172 valence electrons. The SMILES string of the molecule is Oc1ccc(Br)cc1/C(CC(NNc1ccccc1)c1ccc(F)cc1)=N\Nc1ccccc1. The number of hydrazone groups is 1. The lowest BCUT2D eigenvalue weighted by Crippen LogP contribution is -2.29. The van der Waals surface area contributed by atoms with Crippen molar-refractivity contribution in [3.05, 3.63) is 125 Å². The van der Waals surface area contributed by atoms with Gasteiger partial charge in [0.1, 0.15) is 11.6 Å². The van der Waals surface area contributed by atoms with Crippen molar-refractivity contribution in [1.82, 2.24) is 5.43 Å². The van der Waals surface area contributed by atoms with Gasteiger partial charge in [-0.1, -0.05) is 64.5 Å². The number of phenols is 1. The average molecular weight is 519 g/mol. The van der Waals surface area contributed by atoms with E-state index in [0.717, 1.165) is 21.4 Å². The normalized spacial score (nSPS) is 12.2. The molecule has 0 heterocycles. The summed E-state index contributed by atoms with van der Waals surface area (Å²) in [6, 6.07) is 30.6. The molecule has 0 aliphatic rings. The Morgan fingerprint density at radius 3 is 2.18 bits per heavy atom. The standard InChI is InChI=1S/C27H24BrFN4O/c28-20-13-16-27(34)24(17-20)26(33-31-23-9-5-2-6-10-23)18-25(19-11-14-21(29)15-12-19)32-30-22-7-3-1-4-8-22/h1-17,25,30-32,34H,18H2/b33-26-. The predicted octanol–water partition coefficient (Wildman–Crippen LogP) is 6.86. The molecule has 1 atom stereocenters. The Labute approximate surface area is 206 Å². The maximum absolute atomic E-state index is 13.6. The van der Waals surface area contributed by atoms with Gasteiger partial charge in [0.05, 0.1) is 17.4 Å². The van der Waals surface area contributed by atoms with Crippen LogP contribution in [-0.4, -0.2) is 10.8 Å².